The van der Waals surface area contributed by atoms with Gasteiger partial charge in [-0.2, -0.15) is 0 Å². The number of benzene rings is 1. The topological polar surface area (TPSA) is 15.3 Å². The van der Waals surface area contributed by atoms with Crippen molar-refractivity contribution in [3.05, 3.63) is 35.9 Å². The summed E-state index contributed by atoms with van der Waals surface area (Å²) < 4.78 is 0. The number of rotatable bonds is 10. The Morgan fingerprint density at radius 3 is 2.24 bits per heavy atom. The van der Waals surface area contributed by atoms with Crippen LogP contribution in [-0.2, 0) is 6.54 Å². The number of nitrogens with zero attached hydrogens (tertiary/aromatic N) is 1. The standard InChI is InChI=1S/C19H34N2/c1-5-21(17-18-13-9-8-10-14-18)16-12-7-6-11-15-20-19(2,3)4/h8-10,13-14,20H,5-7,11-12,15-17H2,1-4H3. The van der Waals surface area contributed by atoms with Crippen LogP contribution in [0, 0.1) is 0 Å². The lowest BCUT2D eigenvalue weighted by atomic mass is 10.1. The number of nitrogens with one attached hydrogen (secondary N) is 1. The molecule has 0 fully saturated rings. The Bertz CT molecular complexity index is 354. The van der Waals surface area contributed by atoms with Gasteiger partial charge in [0.05, 0.1) is 0 Å². The molecule has 2 nitrogen and oxygen atoms in total. The molecule has 0 bridgehead atoms. The first kappa shape index (κ1) is 18.2. The fourth-order valence-electron chi connectivity index (χ4n) is 2.47. The highest BCUT2D eigenvalue weighted by Gasteiger charge is 2.07. The summed E-state index contributed by atoms with van der Waals surface area (Å²) in [6.07, 6.45) is 5.29. The van der Waals surface area contributed by atoms with Gasteiger partial charge in [0, 0.05) is 12.1 Å². The van der Waals surface area contributed by atoms with Crippen molar-refractivity contribution in [3.8, 4) is 0 Å². The number of hydrogen-bond donors (Lipinski definition) is 1. The molecule has 0 aliphatic heterocycles. The Kier molecular flexibility index (Phi) is 8.63. The lowest BCUT2D eigenvalue weighted by Crippen LogP contribution is -2.36. The largest absolute Gasteiger partial charge is 0.312 e. The normalized spacial score (nSPS) is 12.0. The molecule has 0 heterocycles. The monoisotopic (exact) mass is 290 g/mol. The summed E-state index contributed by atoms with van der Waals surface area (Å²) in [6, 6.07) is 10.8. The van der Waals surface area contributed by atoms with Crippen LogP contribution in [0.1, 0.15) is 58.9 Å². The zero-order valence-corrected chi connectivity index (χ0v) is 14.5. The molecule has 0 saturated carbocycles. The van der Waals surface area contributed by atoms with Crippen LogP contribution in [-0.4, -0.2) is 30.1 Å². The minimum absolute atomic E-state index is 0.259. The van der Waals surface area contributed by atoms with E-state index in [-0.39, 0.29) is 5.54 Å². The maximum atomic E-state index is 3.55. The second-order valence-corrected chi connectivity index (χ2v) is 6.95. The SMILES string of the molecule is CCN(CCCCCCNC(C)(C)C)Cc1ccccc1. The highest BCUT2D eigenvalue weighted by atomic mass is 15.1. The van der Waals surface area contributed by atoms with Gasteiger partial charge in [0.2, 0.25) is 0 Å². The van der Waals surface area contributed by atoms with Gasteiger partial charge in [0.1, 0.15) is 0 Å². The molecule has 1 aromatic carbocycles. The second kappa shape index (κ2) is 9.97. The third-order valence-corrected chi connectivity index (χ3v) is 3.75. The molecule has 0 spiro atoms. The summed E-state index contributed by atoms with van der Waals surface area (Å²) in [7, 11) is 0. The molecule has 2 heteroatoms. The first-order chi connectivity index (χ1) is 10.0. The summed E-state index contributed by atoms with van der Waals surface area (Å²) in [5, 5.41) is 3.55. The van der Waals surface area contributed by atoms with E-state index in [4.69, 9.17) is 0 Å². The molecule has 1 rings (SSSR count). The van der Waals surface area contributed by atoms with Crippen molar-refractivity contribution in [1.29, 1.82) is 0 Å². The van der Waals surface area contributed by atoms with E-state index in [9.17, 15) is 0 Å². The fourth-order valence-corrected chi connectivity index (χ4v) is 2.47. The smallest absolute Gasteiger partial charge is 0.0233 e. The zero-order chi connectivity index (χ0) is 15.6. The minimum Gasteiger partial charge on any atom is -0.312 e. The Hall–Kier alpha value is -0.860. The third-order valence-electron chi connectivity index (χ3n) is 3.75. The zero-order valence-electron chi connectivity index (χ0n) is 14.5. The van der Waals surface area contributed by atoms with Crippen LogP contribution in [0.5, 0.6) is 0 Å². The van der Waals surface area contributed by atoms with Crippen LogP contribution in [0.25, 0.3) is 0 Å². The molecule has 0 aromatic heterocycles. The van der Waals surface area contributed by atoms with Crippen molar-refractivity contribution < 1.29 is 0 Å². The summed E-state index contributed by atoms with van der Waals surface area (Å²) >= 11 is 0. The summed E-state index contributed by atoms with van der Waals surface area (Å²) in [5.74, 6) is 0. The van der Waals surface area contributed by atoms with Crippen molar-refractivity contribution in [3.63, 3.8) is 0 Å². The molecule has 0 radical (unpaired) electrons. The quantitative estimate of drug-likeness (QED) is 0.640. The lowest BCUT2D eigenvalue weighted by molar-refractivity contribution is 0.272. The Labute approximate surface area is 131 Å². The van der Waals surface area contributed by atoms with Gasteiger partial charge in [-0.05, 0) is 58.8 Å². The average molecular weight is 290 g/mol. The van der Waals surface area contributed by atoms with E-state index >= 15 is 0 Å². The highest BCUT2D eigenvalue weighted by molar-refractivity contribution is 5.14. The van der Waals surface area contributed by atoms with Gasteiger partial charge in [0.25, 0.3) is 0 Å². The van der Waals surface area contributed by atoms with E-state index in [0.717, 1.165) is 19.6 Å². The van der Waals surface area contributed by atoms with Crippen molar-refractivity contribution in [2.24, 2.45) is 0 Å². The summed E-state index contributed by atoms with van der Waals surface area (Å²) in [6.45, 7) is 13.5. The number of unbranched alkanes of at least 4 members (excludes halogenated alkanes) is 3. The summed E-state index contributed by atoms with van der Waals surface area (Å²) in [5.41, 5.74) is 1.68. The summed E-state index contributed by atoms with van der Waals surface area (Å²) in [4.78, 5) is 2.54. The molecule has 0 amide bonds. The maximum absolute atomic E-state index is 3.55. The van der Waals surface area contributed by atoms with Crippen LogP contribution in [0.2, 0.25) is 0 Å². The minimum atomic E-state index is 0.259. The van der Waals surface area contributed by atoms with Crippen LogP contribution in [0.4, 0.5) is 0 Å². The van der Waals surface area contributed by atoms with E-state index in [1.54, 1.807) is 0 Å². The van der Waals surface area contributed by atoms with E-state index in [1.165, 1.54) is 37.8 Å². The van der Waals surface area contributed by atoms with Gasteiger partial charge < -0.3 is 5.32 Å². The molecule has 0 aliphatic carbocycles. The van der Waals surface area contributed by atoms with Crippen molar-refractivity contribution >= 4 is 0 Å². The van der Waals surface area contributed by atoms with Crippen LogP contribution < -0.4 is 5.32 Å². The van der Waals surface area contributed by atoms with Crippen LogP contribution in [0.3, 0.4) is 0 Å². The molecule has 0 aliphatic rings. The lowest BCUT2D eigenvalue weighted by Gasteiger charge is -2.21. The highest BCUT2D eigenvalue weighted by Crippen LogP contribution is 2.07. The van der Waals surface area contributed by atoms with Crippen LogP contribution in [0.15, 0.2) is 30.3 Å². The molecule has 1 N–H and O–H groups in total. The number of hydrogen-bond acceptors (Lipinski definition) is 2. The van der Waals surface area contributed by atoms with Crippen molar-refractivity contribution in [2.75, 3.05) is 19.6 Å². The molecule has 120 valence electrons. The van der Waals surface area contributed by atoms with Gasteiger partial charge >= 0.3 is 0 Å². The fraction of sp³-hybridized carbons (Fsp3) is 0.684. The second-order valence-electron chi connectivity index (χ2n) is 6.95. The van der Waals surface area contributed by atoms with E-state index in [1.807, 2.05) is 0 Å². The molecular formula is C19H34N2. The third kappa shape index (κ3) is 9.65. The molecule has 0 saturated heterocycles. The molecular weight excluding hydrogens is 256 g/mol. The van der Waals surface area contributed by atoms with E-state index in [2.05, 4.69) is 68.2 Å². The molecule has 21 heavy (non-hydrogen) atoms. The Morgan fingerprint density at radius 2 is 1.62 bits per heavy atom. The van der Waals surface area contributed by atoms with Gasteiger partial charge in [-0.15, -0.1) is 0 Å². The van der Waals surface area contributed by atoms with Crippen molar-refractivity contribution in [1.82, 2.24) is 10.2 Å². The first-order valence-corrected chi connectivity index (χ1v) is 8.52. The molecule has 1 aromatic rings. The van der Waals surface area contributed by atoms with Gasteiger partial charge in [-0.25, -0.2) is 0 Å². The van der Waals surface area contributed by atoms with Crippen molar-refractivity contribution in [2.45, 2.75) is 65.5 Å². The first-order valence-electron chi connectivity index (χ1n) is 8.52. The average Bonchev–Trinajstić information content (AvgIpc) is 2.45. The van der Waals surface area contributed by atoms with Crippen LogP contribution >= 0.6 is 0 Å². The van der Waals surface area contributed by atoms with Gasteiger partial charge in [-0.1, -0.05) is 50.1 Å². The van der Waals surface area contributed by atoms with E-state index in [0.29, 0.717) is 0 Å². The Morgan fingerprint density at radius 1 is 0.952 bits per heavy atom. The molecule has 0 unspecified atom stereocenters. The maximum Gasteiger partial charge on any atom is 0.0233 e. The predicted molar refractivity (Wildman–Crippen MR) is 93.6 cm³/mol. The van der Waals surface area contributed by atoms with Gasteiger partial charge in [-0.3, -0.25) is 4.90 Å². The Balaban J connectivity index is 2.07. The molecule has 0 atom stereocenters. The van der Waals surface area contributed by atoms with Gasteiger partial charge in [0.15, 0.2) is 0 Å². The van der Waals surface area contributed by atoms with E-state index < -0.39 is 0 Å². The predicted octanol–water partition coefficient (Wildman–Crippen LogP) is 4.46.